The lowest BCUT2D eigenvalue weighted by Gasteiger charge is -2.17. The van der Waals surface area contributed by atoms with Crippen LogP contribution in [-0.4, -0.2) is 32.0 Å². The van der Waals surface area contributed by atoms with Crippen LogP contribution in [0.4, 0.5) is 0 Å². The second-order valence-electron chi connectivity index (χ2n) is 37.8. The number of benzene rings is 23. The molecule has 0 aliphatic heterocycles. The van der Waals surface area contributed by atoms with Crippen molar-refractivity contribution in [3.63, 3.8) is 0 Å². The van der Waals surface area contributed by atoms with Crippen molar-refractivity contribution < 1.29 is 0 Å². The van der Waals surface area contributed by atoms with Crippen LogP contribution in [-0.2, 0) is 0 Å². The Morgan fingerprint density at radius 3 is 0.386 bits per heavy atom. The van der Waals surface area contributed by atoms with Crippen LogP contribution in [0.25, 0.3) is 259 Å². The van der Waals surface area contributed by atoms with E-state index in [9.17, 15) is 0 Å². The van der Waals surface area contributed by atoms with Crippen molar-refractivity contribution in [1.82, 2.24) is 32.0 Å². The number of aromatic nitrogens is 7. The van der Waals surface area contributed by atoms with Gasteiger partial charge in [-0.15, -0.1) is 0 Å². The van der Waals surface area contributed by atoms with E-state index in [1.165, 1.54) is 214 Å². The van der Waals surface area contributed by atoms with Crippen LogP contribution in [0.15, 0.2) is 552 Å². The van der Waals surface area contributed by atoms with Gasteiger partial charge in [-0.05, 0) is 249 Å². The fraction of sp³-hybridized carbons (Fsp3) is 0. The van der Waals surface area contributed by atoms with Gasteiger partial charge in [0.1, 0.15) is 0 Å². The first-order valence-corrected chi connectivity index (χ1v) is 49.8. The SMILES string of the molecule is c1cc(-c2cc(-n3c4ccccc4c4ccccc43)cc(-n3c4ccccc4c4ccccc43)c2)cc(-n2c3ccccc3c3ccccc32)c1.c1ccc(-c2cc(-c3cc(-c4ccccc4)cc(-n4c5ccccc5c5ccccc54)c3)cc(-n3c4ccccc4c4ccccc43)c2)cc1.c1ccc(-c2cc(-c3cccc(-n4c5ccccc5c5ccccc54)c3)cc(-n3c4ccccc4c4ccccc43)c2)cc1. The van der Waals surface area contributed by atoms with Gasteiger partial charge in [0.15, 0.2) is 0 Å². The van der Waals surface area contributed by atoms with E-state index in [0.29, 0.717) is 0 Å². The summed E-state index contributed by atoms with van der Waals surface area (Å²) in [6.45, 7) is 0. The number of para-hydroxylation sites is 14. The second-order valence-corrected chi connectivity index (χ2v) is 37.8. The Hall–Kier alpha value is -19.3. The molecule has 0 spiro atoms. The highest BCUT2D eigenvalue weighted by Gasteiger charge is 2.25. The fourth-order valence-electron chi connectivity index (χ4n) is 23.2. The van der Waals surface area contributed by atoms with E-state index >= 15 is 0 Å². The zero-order chi connectivity index (χ0) is 95.5. The minimum atomic E-state index is 1.13. The van der Waals surface area contributed by atoms with Crippen molar-refractivity contribution in [2.75, 3.05) is 0 Å². The van der Waals surface area contributed by atoms with Gasteiger partial charge in [-0.2, -0.15) is 0 Å². The summed E-state index contributed by atoms with van der Waals surface area (Å²) in [5, 5.41) is 17.7. The Labute approximate surface area is 837 Å². The van der Waals surface area contributed by atoms with Gasteiger partial charge in [0.05, 0.1) is 77.2 Å². The maximum atomic E-state index is 2.43. The van der Waals surface area contributed by atoms with Gasteiger partial charge in [-0.1, -0.05) is 370 Å². The van der Waals surface area contributed by atoms with Gasteiger partial charge < -0.3 is 32.0 Å². The predicted molar refractivity (Wildman–Crippen MR) is 612 cm³/mol. The molecular formula is C138H91N7. The minimum Gasteiger partial charge on any atom is -0.309 e. The minimum absolute atomic E-state index is 1.13. The van der Waals surface area contributed by atoms with Crippen LogP contribution in [0.1, 0.15) is 0 Å². The Morgan fingerprint density at radius 2 is 0.200 bits per heavy atom. The highest BCUT2D eigenvalue weighted by molar-refractivity contribution is 6.16. The van der Waals surface area contributed by atoms with Crippen LogP contribution in [0.2, 0.25) is 0 Å². The van der Waals surface area contributed by atoms with Crippen molar-refractivity contribution in [2.45, 2.75) is 0 Å². The topological polar surface area (TPSA) is 34.5 Å². The number of fused-ring (bicyclic) bond motifs is 21. The molecule has 0 saturated heterocycles. The molecule has 0 fully saturated rings. The van der Waals surface area contributed by atoms with Crippen LogP contribution in [0.5, 0.6) is 0 Å². The molecule has 0 amide bonds. The van der Waals surface area contributed by atoms with E-state index in [4.69, 9.17) is 0 Å². The van der Waals surface area contributed by atoms with E-state index in [1.807, 2.05) is 0 Å². The molecule has 7 aromatic heterocycles. The van der Waals surface area contributed by atoms with Crippen molar-refractivity contribution in [3.8, 4) is 107 Å². The molecule has 0 aliphatic rings. The third-order valence-corrected chi connectivity index (χ3v) is 29.5. The van der Waals surface area contributed by atoms with Crippen LogP contribution >= 0.6 is 0 Å². The largest absolute Gasteiger partial charge is 0.309 e. The Kier molecular flexibility index (Phi) is 20.2. The predicted octanol–water partition coefficient (Wildman–Crippen LogP) is 36.7. The summed E-state index contributed by atoms with van der Waals surface area (Å²) in [4.78, 5) is 0. The first-order valence-electron chi connectivity index (χ1n) is 49.8. The van der Waals surface area contributed by atoms with E-state index in [1.54, 1.807) is 0 Å². The van der Waals surface area contributed by atoms with Crippen molar-refractivity contribution in [3.05, 3.63) is 552 Å². The van der Waals surface area contributed by atoms with Crippen molar-refractivity contribution in [1.29, 1.82) is 0 Å². The summed E-state index contributed by atoms with van der Waals surface area (Å²) in [7, 11) is 0. The molecule has 30 rings (SSSR count). The Balaban J connectivity index is 0.000000106. The van der Waals surface area contributed by atoms with Crippen LogP contribution in [0.3, 0.4) is 0 Å². The molecule has 7 nitrogen and oxygen atoms in total. The monoisotopic (exact) mass is 1850 g/mol. The molecule has 7 heterocycles. The summed E-state index contributed by atoms with van der Waals surface area (Å²) in [6, 6.07) is 201. The van der Waals surface area contributed by atoms with E-state index in [-0.39, 0.29) is 0 Å². The molecule has 145 heavy (non-hydrogen) atoms. The molecule has 0 bridgehead atoms. The number of hydrogen-bond acceptors (Lipinski definition) is 0. The summed E-state index contributed by atoms with van der Waals surface area (Å²) in [5.74, 6) is 0. The molecule has 0 unspecified atom stereocenters. The quantitative estimate of drug-likeness (QED) is 0.110. The third-order valence-electron chi connectivity index (χ3n) is 29.5. The molecule has 30 aromatic rings. The van der Waals surface area contributed by atoms with Gasteiger partial charge in [0, 0.05) is 115 Å². The van der Waals surface area contributed by atoms with E-state index < -0.39 is 0 Å². The number of rotatable bonds is 13. The maximum absolute atomic E-state index is 2.43. The molecule has 0 aliphatic carbocycles. The normalized spacial score (nSPS) is 11.7. The second kappa shape index (κ2) is 34.9. The average molecular weight is 1850 g/mol. The number of hydrogen-bond donors (Lipinski definition) is 0. The van der Waals surface area contributed by atoms with Crippen molar-refractivity contribution >= 4 is 153 Å². The summed E-state index contributed by atoms with van der Waals surface area (Å²) < 4.78 is 16.9. The molecule has 0 saturated carbocycles. The standard InChI is InChI=1S/C48H31N3.C48H32N2.C42H28N2/c1-7-22-43-37(16-1)38-17-2-8-23-44(38)49(43)34-15-13-14-32(28-34)33-29-35(50-45-24-9-3-18-39(45)40-19-4-10-25-46(40)50)31-36(30-33)51-47-26-11-5-20-41(47)42-21-6-12-27-48(42)51;1-3-15-33(16-4-1)35-27-37(31-39(29-35)49-45-23-11-7-19-41(45)42-20-8-12-24-46(42)49)38-28-36(34-17-5-2-6-18-34)30-40(32-38)50-47-25-13-9-21-43(47)44-22-10-14-26-48(44)50;1-2-13-29(14-3-1)31-25-32(28-34(27-31)44-41-23-10-6-19-37(41)38-20-7-11-24-42(38)44)30-15-12-16-33(26-30)43-39-21-8-4-17-35(39)36-18-5-9-22-40(36)43/h1-31H;1-32H;1-28H. The Bertz CT molecular complexity index is 9660. The molecule has 23 aromatic carbocycles. The smallest absolute Gasteiger partial charge is 0.0541 e. The van der Waals surface area contributed by atoms with Crippen molar-refractivity contribution in [2.24, 2.45) is 0 Å². The Morgan fingerprint density at radius 1 is 0.0759 bits per heavy atom. The van der Waals surface area contributed by atoms with E-state index in [2.05, 4.69) is 584 Å². The summed E-state index contributed by atoms with van der Waals surface area (Å²) >= 11 is 0. The van der Waals surface area contributed by atoms with Gasteiger partial charge >= 0.3 is 0 Å². The zero-order valence-corrected chi connectivity index (χ0v) is 79.2. The van der Waals surface area contributed by atoms with Gasteiger partial charge in [-0.3, -0.25) is 0 Å². The van der Waals surface area contributed by atoms with E-state index in [0.717, 1.165) is 45.4 Å². The molecule has 7 heteroatoms. The highest BCUT2D eigenvalue weighted by Crippen LogP contribution is 2.46. The fourth-order valence-corrected chi connectivity index (χ4v) is 23.2. The summed E-state index contributed by atoms with van der Waals surface area (Å²) in [5.41, 5.74) is 39.1. The molecular weight excluding hydrogens is 1760 g/mol. The van der Waals surface area contributed by atoms with Gasteiger partial charge in [-0.25, -0.2) is 0 Å². The molecule has 0 radical (unpaired) electrons. The van der Waals surface area contributed by atoms with Crippen LogP contribution in [0, 0.1) is 0 Å². The van der Waals surface area contributed by atoms with Gasteiger partial charge in [0.25, 0.3) is 0 Å². The lowest BCUT2D eigenvalue weighted by atomic mass is 9.94. The number of nitrogens with zero attached hydrogens (tertiary/aromatic N) is 7. The summed E-state index contributed by atoms with van der Waals surface area (Å²) in [6.07, 6.45) is 0. The lowest BCUT2D eigenvalue weighted by Crippen LogP contribution is -2.00. The molecule has 678 valence electrons. The van der Waals surface area contributed by atoms with Crippen LogP contribution < -0.4 is 0 Å². The lowest BCUT2D eigenvalue weighted by molar-refractivity contribution is 1.13. The molecule has 0 atom stereocenters. The zero-order valence-electron chi connectivity index (χ0n) is 79.2. The third kappa shape index (κ3) is 14.3. The maximum Gasteiger partial charge on any atom is 0.0541 e. The average Bonchev–Trinajstić information content (AvgIpc) is 1.65. The first-order chi connectivity index (χ1) is 71.9. The van der Waals surface area contributed by atoms with Gasteiger partial charge in [0.2, 0.25) is 0 Å². The molecule has 0 N–H and O–H groups in total. The highest BCUT2D eigenvalue weighted by atomic mass is 15.0. The first kappa shape index (κ1) is 83.8.